The van der Waals surface area contributed by atoms with Crippen molar-refractivity contribution in [2.24, 2.45) is 0 Å². The Morgan fingerprint density at radius 3 is 2.48 bits per heavy atom. The Balaban J connectivity index is 1.99. The second-order valence-electron chi connectivity index (χ2n) is 4.77. The Hall–Kier alpha value is -3.09. The first-order valence-electron chi connectivity index (χ1n) is 6.95. The molecule has 0 N–H and O–H groups in total. The van der Waals surface area contributed by atoms with E-state index in [2.05, 4.69) is 0 Å². The van der Waals surface area contributed by atoms with Crippen LogP contribution in [0.4, 0.5) is 5.69 Å². The monoisotopic (exact) mass is 315 g/mol. The third-order valence-electron chi connectivity index (χ3n) is 3.36. The number of carbonyl (C=O) groups is 1. The van der Waals surface area contributed by atoms with Crippen LogP contribution in [0.5, 0.6) is 17.2 Å². The van der Waals surface area contributed by atoms with Crippen LogP contribution in [-0.4, -0.2) is 24.1 Å². The molecule has 0 aliphatic carbocycles. The van der Waals surface area contributed by atoms with Crippen molar-refractivity contribution in [3.05, 3.63) is 57.6 Å². The number of fused-ring (bicyclic) bond motifs is 1. The van der Waals surface area contributed by atoms with Crippen LogP contribution in [0.15, 0.2) is 36.4 Å². The van der Waals surface area contributed by atoms with Gasteiger partial charge in [0.05, 0.1) is 17.6 Å². The lowest BCUT2D eigenvalue weighted by Gasteiger charge is -2.06. The van der Waals surface area contributed by atoms with Gasteiger partial charge in [0, 0.05) is 11.6 Å². The summed E-state index contributed by atoms with van der Waals surface area (Å²) in [6, 6.07) is 9.00. The van der Waals surface area contributed by atoms with Gasteiger partial charge in [0.1, 0.15) is 11.3 Å². The number of ketones is 1. The summed E-state index contributed by atoms with van der Waals surface area (Å²) in [4.78, 5) is 23.2. The van der Waals surface area contributed by atoms with Gasteiger partial charge in [-0.05, 0) is 31.2 Å². The molecule has 0 bridgehead atoms. The van der Waals surface area contributed by atoms with Crippen LogP contribution in [-0.2, 0) is 0 Å². The van der Waals surface area contributed by atoms with Crippen LogP contribution in [0.2, 0.25) is 0 Å². The van der Waals surface area contributed by atoms with Crippen LogP contribution in [0, 0.1) is 10.1 Å². The van der Waals surface area contributed by atoms with Crippen molar-refractivity contribution >= 4 is 11.5 Å². The average Bonchev–Trinajstić information content (AvgIpc) is 3.01. The molecule has 0 saturated heterocycles. The number of hydrogen-bond donors (Lipinski definition) is 0. The molecule has 2 aromatic rings. The highest BCUT2D eigenvalue weighted by molar-refractivity contribution is 6.12. The zero-order valence-corrected chi connectivity index (χ0v) is 12.3. The van der Waals surface area contributed by atoms with Crippen LogP contribution in [0.3, 0.4) is 0 Å². The van der Waals surface area contributed by atoms with Gasteiger partial charge in [-0.25, -0.2) is 0 Å². The zero-order valence-electron chi connectivity index (χ0n) is 12.3. The standard InChI is InChI=1S/C16H13NO6/c1-2-21-11-5-3-10(4-6-11)16(18)12-7-14-15(23-9-22-14)8-13(12)17(19)20/h3-8H,2,9H2,1H3. The number of ether oxygens (including phenoxy) is 3. The summed E-state index contributed by atoms with van der Waals surface area (Å²) in [5.74, 6) is 0.757. The van der Waals surface area contributed by atoms with Gasteiger partial charge < -0.3 is 14.2 Å². The Kier molecular flexibility index (Phi) is 3.84. The summed E-state index contributed by atoms with van der Waals surface area (Å²) in [7, 11) is 0. The van der Waals surface area contributed by atoms with Gasteiger partial charge in [0.15, 0.2) is 17.3 Å². The molecule has 7 heteroatoms. The quantitative estimate of drug-likeness (QED) is 0.479. The van der Waals surface area contributed by atoms with Crippen molar-refractivity contribution in [3.63, 3.8) is 0 Å². The topological polar surface area (TPSA) is 87.9 Å². The fraction of sp³-hybridized carbons (Fsp3) is 0.188. The smallest absolute Gasteiger partial charge is 0.284 e. The molecule has 0 fully saturated rings. The number of hydrogen-bond acceptors (Lipinski definition) is 6. The molecule has 0 unspecified atom stereocenters. The highest BCUT2D eigenvalue weighted by atomic mass is 16.7. The Morgan fingerprint density at radius 2 is 1.87 bits per heavy atom. The maximum absolute atomic E-state index is 12.6. The van der Waals surface area contributed by atoms with Crippen LogP contribution < -0.4 is 14.2 Å². The van der Waals surface area contributed by atoms with Crippen molar-refractivity contribution in [1.29, 1.82) is 0 Å². The molecule has 0 aromatic heterocycles. The summed E-state index contributed by atoms with van der Waals surface area (Å²) in [5.41, 5.74) is -0.0213. The highest BCUT2D eigenvalue weighted by Gasteiger charge is 2.27. The second-order valence-corrected chi connectivity index (χ2v) is 4.77. The van der Waals surface area contributed by atoms with E-state index >= 15 is 0 Å². The third-order valence-corrected chi connectivity index (χ3v) is 3.36. The van der Waals surface area contributed by atoms with Gasteiger partial charge in [-0.1, -0.05) is 0 Å². The van der Waals surface area contributed by atoms with E-state index in [-0.39, 0.29) is 23.8 Å². The van der Waals surface area contributed by atoms with Crippen molar-refractivity contribution < 1.29 is 23.9 Å². The van der Waals surface area contributed by atoms with Gasteiger partial charge in [0.2, 0.25) is 6.79 Å². The molecule has 1 aliphatic rings. The molecule has 0 spiro atoms. The lowest BCUT2D eigenvalue weighted by atomic mass is 10.0. The molecule has 118 valence electrons. The Labute approximate surface area is 131 Å². The third kappa shape index (κ3) is 2.80. The molecule has 0 atom stereocenters. The number of nitrogens with zero attached hydrogens (tertiary/aromatic N) is 1. The fourth-order valence-corrected chi connectivity index (χ4v) is 2.29. The van der Waals surface area contributed by atoms with Crippen molar-refractivity contribution in [1.82, 2.24) is 0 Å². The molecule has 1 aliphatic heterocycles. The maximum Gasteiger partial charge on any atom is 0.284 e. The van der Waals surface area contributed by atoms with Crippen LogP contribution >= 0.6 is 0 Å². The molecular formula is C16H13NO6. The zero-order chi connectivity index (χ0) is 16.4. The average molecular weight is 315 g/mol. The van der Waals surface area contributed by atoms with Gasteiger partial charge in [-0.2, -0.15) is 0 Å². The molecule has 7 nitrogen and oxygen atoms in total. The largest absolute Gasteiger partial charge is 0.494 e. The minimum atomic E-state index is -0.607. The van der Waals surface area contributed by atoms with E-state index in [4.69, 9.17) is 14.2 Å². The van der Waals surface area contributed by atoms with Crippen molar-refractivity contribution in [3.8, 4) is 17.2 Å². The van der Waals surface area contributed by atoms with Crippen LogP contribution in [0.1, 0.15) is 22.8 Å². The second kappa shape index (κ2) is 5.96. The molecule has 3 rings (SSSR count). The van der Waals surface area contributed by atoms with Gasteiger partial charge in [0.25, 0.3) is 5.69 Å². The molecule has 0 saturated carbocycles. The Morgan fingerprint density at radius 1 is 1.22 bits per heavy atom. The predicted octanol–water partition coefficient (Wildman–Crippen LogP) is 2.95. The summed E-state index contributed by atoms with van der Waals surface area (Å²) >= 11 is 0. The SMILES string of the molecule is CCOc1ccc(C(=O)c2cc3c(cc2[N+](=O)[O-])OCO3)cc1. The lowest BCUT2D eigenvalue weighted by Crippen LogP contribution is -2.06. The van der Waals surface area contributed by atoms with Gasteiger partial charge in [-0.15, -0.1) is 0 Å². The summed E-state index contributed by atoms with van der Waals surface area (Å²) < 4.78 is 15.6. The number of nitro groups is 1. The van der Waals surface area contributed by atoms with E-state index in [0.29, 0.717) is 23.7 Å². The number of benzene rings is 2. The summed E-state index contributed by atoms with van der Waals surface area (Å²) in [6.07, 6.45) is 0. The lowest BCUT2D eigenvalue weighted by molar-refractivity contribution is -0.385. The highest BCUT2D eigenvalue weighted by Crippen LogP contribution is 2.38. The normalized spacial score (nSPS) is 12.0. The first kappa shape index (κ1) is 14.8. The summed E-state index contributed by atoms with van der Waals surface area (Å²) in [5, 5.41) is 11.2. The van der Waals surface area contributed by atoms with Gasteiger partial charge in [-0.3, -0.25) is 14.9 Å². The predicted molar refractivity (Wildman–Crippen MR) is 80.3 cm³/mol. The molecular weight excluding hydrogens is 302 g/mol. The van der Waals surface area contributed by atoms with Crippen molar-refractivity contribution in [2.45, 2.75) is 6.92 Å². The minimum Gasteiger partial charge on any atom is -0.494 e. The van der Waals surface area contributed by atoms with E-state index in [1.165, 1.54) is 12.1 Å². The van der Waals surface area contributed by atoms with E-state index < -0.39 is 10.7 Å². The van der Waals surface area contributed by atoms with Crippen LogP contribution in [0.25, 0.3) is 0 Å². The van der Waals surface area contributed by atoms with E-state index in [1.54, 1.807) is 24.3 Å². The van der Waals surface area contributed by atoms with E-state index in [0.717, 1.165) is 0 Å². The number of rotatable bonds is 5. The number of carbonyl (C=O) groups excluding carboxylic acids is 1. The van der Waals surface area contributed by atoms with E-state index in [9.17, 15) is 14.9 Å². The first-order valence-corrected chi connectivity index (χ1v) is 6.95. The molecule has 0 radical (unpaired) electrons. The minimum absolute atomic E-state index is 0.0206. The Bertz CT molecular complexity index is 769. The molecule has 2 aromatic carbocycles. The van der Waals surface area contributed by atoms with Gasteiger partial charge >= 0.3 is 0 Å². The molecule has 23 heavy (non-hydrogen) atoms. The van der Waals surface area contributed by atoms with E-state index in [1.807, 2.05) is 6.92 Å². The fourth-order valence-electron chi connectivity index (χ4n) is 2.29. The van der Waals surface area contributed by atoms with Crippen molar-refractivity contribution in [2.75, 3.05) is 13.4 Å². The first-order chi connectivity index (χ1) is 11.1. The molecule has 1 heterocycles. The molecule has 0 amide bonds. The summed E-state index contributed by atoms with van der Waals surface area (Å²) in [6.45, 7) is 2.35. The number of nitro benzene ring substituents is 1. The maximum atomic E-state index is 12.6.